The predicted octanol–water partition coefficient (Wildman–Crippen LogP) is 7.80. The van der Waals surface area contributed by atoms with Gasteiger partial charge in [0.15, 0.2) is 11.6 Å². The topological polar surface area (TPSA) is 172 Å². The molecule has 1 fully saturated rings. The van der Waals surface area contributed by atoms with Crippen molar-refractivity contribution >= 4 is 55.2 Å². The van der Waals surface area contributed by atoms with Crippen molar-refractivity contribution < 1.29 is 52.7 Å². The summed E-state index contributed by atoms with van der Waals surface area (Å²) in [7, 11) is -2.61. The Hall–Kier alpha value is -6.56. The molecule has 4 heterocycles. The van der Waals surface area contributed by atoms with Gasteiger partial charge < -0.3 is 5.32 Å². The average Bonchev–Trinajstić information content (AvgIpc) is 3.75. The Kier molecular flexibility index (Phi) is 10.5. The van der Waals surface area contributed by atoms with E-state index in [0.29, 0.717) is 10.7 Å². The van der Waals surface area contributed by atoms with E-state index in [4.69, 9.17) is 16.6 Å². The number of aryl methyl sites for hydroxylation is 2. The highest BCUT2D eigenvalue weighted by molar-refractivity contribution is 7.92. The van der Waals surface area contributed by atoms with Crippen molar-refractivity contribution in [1.29, 1.82) is 0 Å². The molecule has 2 aliphatic rings. The Bertz CT molecular complexity index is 3360. The number of hydrogen-bond donors (Lipinski definition) is 2. The largest absolute Gasteiger partial charge is 0.433 e. The minimum Gasteiger partial charge on any atom is -0.344 e. The molecule has 1 saturated carbocycles. The molecule has 344 valence electrons. The van der Waals surface area contributed by atoms with Gasteiger partial charge >= 0.3 is 6.18 Å². The van der Waals surface area contributed by atoms with Gasteiger partial charge in [-0.25, -0.2) is 40.9 Å². The van der Waals surface area contributed by atoms with Crippen molar-refractivity contribution in [2.45, 2.75) is 56.8 Å². The highest BCUT2D eigenvalue weighted by atomic mass is 35.5. The van der Waals surface area contributed by atoms with Crippen LogP contribution >= 0.6 is 11.6 Å². The first-order valence-corrected chi connectivity index (χ1v) is 21.8. The number of anilines is 1. The number of hydrogen-bond acceptors (Lipinski definition) is 9. The van der Waals surface area contributed by atoms with E-state index in [-0.39, 0.29) is 67.1 Å². The molecule has 14 nitrogen and oxygen atoms in total. The molecular weight excluding hydrogens is 935 g/mol. The number of sulfonamides is 1. The summed E-state index contributed by atoms with van der Waals surface area (Å²) in [5.74, 6) is -10.2. The lowest BCUT2D eigenvalue weighted by Gasteiger charge is -2.24. The van der Waals surface area contributed by atoms with Crippen LogP contribution in [0.3, 0.4) is 0 Å². The van der Waals surface area contributed by atoms with Gasteiger partial charge in [0.1, 0.15) is 41.1 Å². The molecule has 1 amide bonds. The number of alkyl halides is 7. The Morgan fingerprint density at radius 3 is 2.38 bits per heavy atom. The van der Waals surface area contributed by atoms with E-state index in [1.807, 2.05) is 0 Å². The third-order valence-electron chi connectivity index (χ3n) is 11.2. The number of benzene rings is 3. The van der Waals surface area contributed by atoms with E-state index in [2.05, 4.69) is 30.2 Å². The summed E-state index contributed by atoms with van der Waals surface area (Å²) in [6.45, 7) is 0.219. The molecule has 66 heavy (non-hydrogen) atoms. The van der Waals surface area contributed by atoms with Crippen molar-refractivity contribution in [2.24, 2.45) is 13.0 Å². The van der Waals surface area contributed by atoms with E-state index >= 15 is 13.6 Å². The zero-order valence-electron chi connectivity index (χ0n) is 34.0. The summed E-state index contributed by atoms with van der Waals surface area (Å²) in [4.78, 5) is 41.7. The number of fused-ring (bicyclic) bond motifs is 5. The Labute approximate surface area is 370 Å². The van der Waals surface area contributed by atoms with Gasteiger partial charge in [0.05, 0.1) is 44.8 Å². The van der Waals surface area contributed by atoms with Gasteiger partial charge in [0, 0.05) is 42.3 Å². The third kappa shape index (κ3) is 7.87. The summed E-state index contributed by atoms with van der Waals surface area (Å²) < 4.78 is 160. The summed E-state index contributed by atoms with van der Waals surface area (Å²) in [5, 5.41) is 10.2. The summed E-state index contributed by atoms with van der Waals surface area (Å²) in [6, 6.07) is 7.62. The van der Waals surface area contributed by atoms with Gasteiger partial charge in [0.2, 0.25) is 15.9 Å². The molecule has 25 heteroatoms. The highest BCUT2D eigenvalue weighted by Gasteiger charge is 2.67. The molecule has 0 aliphatic heterocycles. The van der Waals surface area contributed by atoms with Gasteiger partial charge in [0.25, 0.3) is 17.9 Å². The zero-order valence-corrected chi connectivity index (χ0v) is 35.6. The molecule has 0 bridgehead atoms. The van der Waals surface area contributed by atoms with Gasteiger partial charge in [-0.3, -0.25) is 28.2 Å². The van der Waals surface area contributed by atoms with Crippen LogP contribution < -0.4 is 15.6 Å². The van der Waals surface area contributed by atoms with E-state index in [0.717, 1.165) is 29.0 Å². The van der Waals surface area contributed by atoms with Crippen molar-refractivity contribution in [2.75, 3.05) is 11.0 Å². The van der Waals surface area contributed by atoms with E-state index in [1.54, 1.807) is 0 Å². The van der Waals surface area contributed by atoms with Crippen molar-refractivity contribution in [3.63, 3.8) is 0 Å². The second kappa shape index (κ2) is 15.5. The molecule has 2 aliphatic carbocycles. The lowest BCUT2D eigenvalue weighted by atomic mass is 10.0. The normalized spacial score (nSPS) is 17.1. The Balaban J connectivity index is 1.27. The molecule has 9 rings (SSSR count). The van der Waals surface area contributed by atoms with Crippen LogP contribution in [0.2, 0.25) is 5.02 Å². The van der Waals surface area contributed by atoms with Crippen molar-refractivity contribution in [1.82, 2.24) is 44.4 Å². The smallest absolute Gasteiger partial charge is 0.344 e. The Morgan fingerprint density at radius 1 is 1.00 bits per heavy atom. The van der Waals surface area contributed by atoms with Crippen LogP contribution in [0.4, 0.5) is 45.3 Å². The molecule has 4 aromatic heterocycles. The summed E-state index contributed by atoms with van der Waals surface area (Å²) in [6.07, 6.45) is -7.95. The molecule has 0 radical (unpaired) electrons. The molecule has 7 aromatic rings. The van der Waals surface area contributed by atoms with Crippen LogP contribution in [0.1, 0.15) is 64.5 Å². The van der Waals surface area contributed by atoms with E-state index in [9.17, 15) is 43.9 Å². The van der Waals surface area contributed by atoms with Crippen LogP contribution in [0.25, 0.3) is 38.9 Å². The third-order valence-corrected chi connectivity index (χ3v) is 12.1. The van der Waals surface area contributed by atoms with Gasteiger partial charge in [-0.2, -0.15) is 32.1 Å². The fourth-order valence-electron chi connectivity index (χ4n) is 8.56. The maximum Gasteiger partial charge on any atom is 0.433 e. The van der Waals surface area contributed by atoms with Crippen LogP contribution in [0, 0.1) is 24.5 Å². The molecule has 3 atom stereocenters. The number of nitrogens with one attached hydrogen (secondary N) is 2. The summed E-state index contributed by atoms with van der Waals surface area (Å²) >= 11 is 6.59. The molecule has 0 unspecified atom stereocenters. The first-order valence-electron chi connectivity index (χ1n) is 19.5. The monoisotopic (exact) mass is 964 g/mol. The number of rotatable bonds is 11. The number of aromatic nitrogens is 8. The first kappa shape index (κ1) is 44.6. The second-order valence-electron chi connectivity index (χ2n) is 16.0. The first-order chi connectivity index (χ1) is 30.9. The number of nitrogens with zero attached hydrogens (tertiary/aromatic N) is 8. The number of carbonyl (C=O) groups is 1. The number of amides is 1. The van der Waals surface area contributed by atoms with Crippen LogP contribution in [-0.4, -0.2) is 59.7 Å². The standard InChI is InChI=1S/C41H30ClF9N10O4S/c1-16-8-28(41(49,50)51)55-36(52-16)18-4-5-21-25(12-18)54-38(61(39(21)63)27-7-6-24(42)31-33(27)59(2)57-37(31)58-66(3,64)65)26(11-17-9-19(43)13-20(44)10-17)53-29(62)15-60-34-30(32(56-60)35(45)46)22-14-23(22)40(34,47)48/h4-10,12-13,22-23,26,35H,11,14-15H2,1-3H3,(H,53,62)(H,57,58)/t22-,23+,26-/m0/s1. The maximum atomic E-state index is 15.5. The maximum absolute atomic E-state index is 15.5. The molecule has 0 spiro atoms. The van der Waals surface area contributed by atoms with Crippen LogP contribution in [0.15, 0.2) is 59.4 Å². The quantitative estimate of drug-likeness (QED) is 0.123. The molecule has 3 aromatic carbocycles. The molecule has 0 saturated heterocycles. The lowest BCUT2D eigenvalue weighted by Crippen LogP contribution is -2.38. The van der Waals surface area contributed by atoms with E-state index < -0.39 is 111 Å². The number of carbonyl (C=O) groups excluding carboxylic acids is 1. The van der Waals surface area contributed by atoms with Crippen molar-refractivity contribution in [3.8, 4) is 17.1 Å². The average molecular weight is 965 g/mol. The highest BCUT2D eigenvalue weighted by Crippen LogP contribution is 2.68. The fourth-order valence-corrected chi connectivity index (χ4v) is 9.30. The summed E-state index contributed by atoms with van der Waals surface area (Å²) in [5.41, 5.74) is -4.95. The number of halogens is 10. The van der Waals surface area contributed by atoms with Gasteiger partial charge in [-0.1, -0.05) is 17.7 Å². The molecule has 2 N–H and O–H groups in total. The van der Waals surface area contributed by atoms with Crippen molar-refractivity contribution in [3.05, 3.63) is 121 Å². The zero-order chi connectivity index (χ0) is 47.5. The minimum absolute atomic E-state index is 0.00286. The molecular formula is C41H30ClF9N10O4S. The predicted molar refractivity (Wildman–Crippen MR) is 219 cm³/mol. The second-order valence-corrected chi connectivity index (χ2v) is 18.1. The Morgan fingerprint density at radius 2 is 1.71 bits per heavy atom. The van der Waals surface area contributed by atoms with Gasteiger partial charge in [-0.15, -0.1) is 0 Å². The van der Waals surface area contributed by atoms with Crippen LogP contribution in [0.5, 0.6) is 0 Å². The SMILES string of the molecule is Cc1cc(C(F)(F)F)nc(-c2ccc3c(=O)n(-c4ccc(Cl)c5c(NS(C)(=O)=O)nn(C)c45)c([C@H](Cc4cc(F)cc(F)c4)NC(=O)Cn4nc(C(F)F)c5c4C(F)(F)[C@@H]4C[C@H]54)nc3c2)n1. The van der Waals surface area contributed by atoms with Crippen LogP contribution in [-0.2, 0) is 46.9 Å². The van der Waals surface area contributed by atoms with E-state index in [1.165, 1.54) is 49.0 Å². The lowest BCUT2D eigenvalue weighted by molar-refractivity contribution is -0.141. The fraction of sp³-hybridized carbons (Fsp3) is 0.293. The minimum atomic E-state index is -4.87. The van der Waals surface area contributed by atoms with Gasteiger partial charge in [-0.05, 0) is 67.3 Å².